The Hall–Kier alpha value is -2.03. The Labute approximate surface area is 152 Å². The number of hydrogen-bond donors (Lipinski definition) is 0. The predicted molar refractivity (Wildman–Crippen MR) is 96.1 cm³/mol. The van der Waals surface area contributed by atoms with Gasteiger partial charge in [-0.05, 0) is 37.1 Å². The SMILES string of the molecule is O=C([C@H]1CCCN1S(=O)(=O)c1cccc2ncccc12)N1CCOCC1. The summed E-state index contributed by atoms with van der Waals surface area (Å²) in [5.74, 6) is -0.118. The summed E-state index contributed by atoms with van der Waals surface area (Å²) < 4.78 is 33.4. The number of hydrogen-bond acceptors (Lipinski definition) is 5. The zero-order chi connectivity index (χ0) is 18.1. The van der Waals surface area contributed by atoms with E-state index in [2.05, 4.69) is 4.98 Å². The van der Waals surface area contributed by atoms with Gasteiger partial charge in [0.05, 0.1) is 23.6 Å². The first-order valence-corrected chi connectivity index (χ1v) is 10.3. The van der Waals surface area contributed by atoms with Gasteiger partial charge in [-0.1, -0.05) is 6.07 Å². The first-order valence-electron chi connectivity index (χ1n) is 8.81. The van der Waals surface area contributed by atoms with Gasteiger partial charge in [0.25, 0.3) is 0 Å². The van der Waals surface area contributed by atoms with Crippen LogP contribution in [-0.2, 0) is 19.6 Å². The lowest BCUT2D eigenvalue weighted by atomic mass is 10.2. The number of carbonyl (C=O) groups excluding carboxylic acids is 1. The fourth-order valence-electron chi connectivity index (χ4n) is 3.70. The number of benzene rings is 1. The number of fused-ring (bicyclic) bond motifs is 1. The highest BCUT2D eigenvalue weighted by Gasteiger charge is 2.41. The Morgan fingerprint density at radius 3 is 2.73 bits per heavy atom. The monoisotopic (exact) mass is 375 g/mol. The van der Waals surface area contributed by atoms with Crippen LogP contribution in [0.3, 0.4) is 0 Å². The Balaban J connectivity index is 1.69. The fraction of sp³-hybridized carbons (Fsp3) is 0.444. The third-order valence-corrected chi connectivity index (χ3v) is 6.97. The molecular formula is C18H21N3O4S. The van der Waals surface area contributed by atoms with Crippen LogP contribution in [0.25, 0.3) is 10.9 Å². The van der Waals surface area contributed by atoms with Crippen molar-refractivity contribution in [3.63, 3.8) is 0 Å². The molecule has 2 fully saturated rings. The molecule has 0 N–H and O–H groups in total. The first-order chi connectivity index (χ1) is 12.6. The van der Waals surface area contributed by atoms with Gasteiger partial charge in [0.1, 0.15) is 6.04 Å². The highest BCUT2D eigenvalue weighted by molar-refractivity contribution is 7.89. The molecule has 26 heavy (non-hydrogen) atoms. The molecule has 0 aliphatic carbocycles. The van der Waals surface area contributed by atoms with Gasteiger partial charge in [0.15, 0.2) is 0 Å². The average molecular weight is 375 g/mol. The summed E-state index contributed by atoms with van der Waals surface area (Å²) in [4.78, 5) is 19.1. The van der Waals surface area contributed by atoms with Gasteiger partial charge in [-0.15, -0.1) is 0 Å². The van der Waals surface area contributed by atoms with Gasteiger partial charge >= 0.3 is 0 Å². The Bertz CT molecular complexity index is 920. The molecule has 0 radical (unpaired) electrons. The molecule has 1 atom stereocenters. The minimum absolute atomic E-state index is 0.118. The van der Waals surface area contributed by atoms with E-state index in [0.717, 1.165) is 0 Å². The zero-order valence-electron chi connectivity index (χ0n) is 14.4. The largest absolute Gasteiger partial charge is 0.378 e. The molecule has 138 valence electrons. The molecule has 2 aliphatic rings. The van der Waals surface area contributed by atoms with Crippen molar-refractivity contribution in [3.8, 4) is 0 Å². The second-order valence-electron chi connectivity index (χ2n) is 6.54. The maximum atomic E-state index is 13.3. The van der Waals surface area contributed by atoms with Crippen LogP contribution in [0.5, 0.6) is 0 Å². The van der Waals surface area contributed by atoms with Crippen LogP contribution in [-0.4, -0.2) is 67.4 Å². The molecule has 0 saturated carbocycles. The van der Waals surface area contributed by atoms with Crippen molar-refractivity contribution in [2.45, 2.75) is 23.8 Å². The molecule has 7 nitrogen and oxygen atoms in total. The lowest BCUT2D eigenvalue weighted by Crippen LogP contribution is -2.50. The van der Waals surface area contributed by atoms with Crippen molar-refractivity contribution in [1.29, 1.82) is 0 Å². The summed E-state index contributed by atoms with van der Waals surface area (Å²) in [5, 5.41) is 0.583. The van der Waals surface area contributed by atoms with E-state index in [0.29, 0.717) is 56.6 Å². The summed E-state index contributed by atoms with van der Waals surface area (Å²) in [6.07, 6.45) is 2.88. The molecule has 3 heterocycles. The molecule has 1 aromatic heterocycles. The Morgan fingerprint density at radius 2 is 1.92 bits per heavy atom. The molecule has 1 amide bonds. The van der Waals surface area contributed by atoms with E-state index in [1.807, 2.05) is 0 Å². The molecule has 2 aromatic rings. The zero-order valence-corrected chi connectivity index (χ0v) is 15.2. The number of nitrogens with zero attached hydrogens (tertiary/aromatic N) is 3. The summed E-state index contributed by atoms with van der Waals surface area (Å²) in [6, 6.07) is 7.91. The molecule has 1 aromatic carbocycles. The molecule has 0 unspecified atom stereocenters. The van der Waals surface area contributed by atoms with Crippen molar-refractivity contribution in [2.24, 2.45) is 0 Å². The number of sulfonamides is 1. The van der Waals surface area contributed by atoms with Crippen LogP contribution in [0, 0.1) is 0 Å². The number of rotatable bonds is 3. The van der Waals surface area contributed by atoms with Gasteiger partial charge in [-0.25, -0.2) is 8.42 Å². The third-order valence-electron chi connectivity index (χ3n) is 5.00. The molecule has 4 rings (SSSR count). The fourth-order valence-corrected chi connectivity index (χ4v) is 5.55. The Kier molecular flexibility index (Phi) is 4.64. The Morgan fingerprint density at radius 1 is 1.12 bits per heavy atom. The number of aromatic nitrogens is 1. The van der Waals surface area contributed by atoms with Crippen molar-refractivity contribution < 1.29 is 17.9 Å². The van der Waals surface area contributed by atoms with E-state index >= 15 is 0 Å². The molecule has 0 bridgehead atoms. The number of morpholine rings is 1. The van der Waals surface area contributed by atoms with E-state index in [4.69, 9.17) is 4.74 Å². The lowest BCUT2D eigenvalue weighted by Gasteiger charge is -2.32. The lowest BCUT2D eigenvalue weighted by molar-refractivity contribution is -0.138. The van der Waals surface area contributed by atoms with Crippen molar-refractivity contribution in [2.75, 3.05) is 32.8 Å². The molecule has 0 spiro atoms. The van der Waals surface area contributed by atoms with E-state index in [1.54, 1.807) is 41.4 Å². The van der Waals surface area contributed by atoms with Crippen LogP contribution >= 0.6 is 0 Å². The number of ether oxygens (including phenoxy) is 1. The summed E-state index contributed by atoms with van der Waals surface area (Å²) >= 11 is 0. The highest BCUT2D eigenvalue weighted by atomic mass is 32.2. The maximum Gasteiger partial charge on any atom is 0.244 e. The second kappa shape index (κ2) is 6.94. The number of amides is 1. The van der Waals surface area contributed by atoms with Crippen molar-refractivity contribution in [1.82, 2.24) is 14.2 Å². The van der Waals surface area contributed by atoms with Gasteiger partial charge in [-0.2, -0.15) is 4.31 Å². The number of carbonyl (C=O) groups is 1. The van der Waals surface area contributed by atoms with E-state index in [-0.39, 0.29) is 10.8 Å². The van der Waals surface area contributed by atoms with Crippen molar-refractivity contribution >= 4 is 26.8 Å². The van der Waals surface area contributed by atoms with E-state index < -0.39 is 16.1 Å². The molecule has 2 aliphatic heterocycles. The minimum atomic E-state index is -3.78. The molecular weight excluding hydrogens is 354 g/mol. The highest BCUT2D eigenvalue weighted by Crippen LogP contribution is 2.30. The van der Waals surface area contributed by atoms with Crippen LogP contribution < -0.4 is 0 Å². The first kappa shape index (κ1) is 17.4. The maximum absolute atomic E-state index is 13.3. The number of pyridine rings is 1. The van der Waals surface area contributed by atoms with Crippen LogP contribution in [0.15, 0.2) is 41.4 Å². The van der Waals surface area contributed by atoms with Gasteiger partial charge in [0, 0.05) is 31.2 Å². The second-order valence-corrected chi connectivity index (χ2v) is 8.40. The van der Waals surface area contributed by atoms with Crippen molar-refractivity contribution in [3.05, 3.63) is 36.5 Å². The standard InChI is InChI=1S/C18H21N3O4S/c22-18(20-10-12-25-13-11-20)16-6-3-9-21(16)26(23,24)17-7-1-5-15-14(17)4-2-8-19-15/h1-2,4-5,7-8,16H,3,6,9-13H2/t16-/m1/s1. The van der Waals surface area contributed by atoms with Crippen LogP contribution in [0.1, 0.15) is 12.8 Å². The van der Waals surface area contributed by atoms with Gasteiger partial charge in [-0.3, -0.25) is 9.78 Å². The van der Waals surface area contributed by atoms with Crippen LogP contribution in [0.2, 0.25) is 0 Å². The van der Waals surface area contributed by atoms with E-state index in [1.165, 1.54) is 4.31 Å². The quantitative estimate of drug-likeness (QED) is 0.807. The molecule has 2 saturated heterocycles. The van der Waals surface area contributed by atoms with Gasteiger partial charge < -0.3 is 9.64 Å². The predicted octanol–water partition coefficient (Wildman–Crippen LogP) is 1.25. The topological polar surface area (TPSA) is 79.8 Å². The minimum Gasteiger partial charge on any atom is -0.378 e. The third kappa shape index (κ3) is 2.98. The molecule has 8 heteroatoms. The summed E-state index contributed by atoms with van der Waals surface area (Å²) in [7, 11) is -3.78. The summed E-state index contributed by atoms with van der Waals surface area (Å²) in [5.41, 5.74) is 0.629. The van der Waals surface area contributed by atoms with E-state index in [9.17, 15) is 13.2 Å². The smallest absolute Gasteiger partial charge is 0.244 e. The normalized spacial score (nSPS) is 22.0. The van der Waals surface area contributed by atoms with Crippen LogP contribution in [0.4, 0.5) is 0 Å². The average Bonchev–Trinajstić information content (AvgIpc) is 3.18. The van der Waals surface area contributed by atoms with Gasteiger partial charge in [0.2, 0.25) is 15.9 Å². The summed E-state index contributed by atoms with van der Waals surface area (Å²) in [6.45, 7) is 2.39.